The average Bonchev–Trinajstić information content (AvgIpc) is 3.05. The van der Waals surface area contributed by atoms with Gasteiger partial charge in [0, 0.05) is 29.2 Å². The van der Waals surface area contributed by atoms with E-state index in [-0.39, 0.29) is 30.7 Å². The van der Waals surface area contributed by atoms with Crippen LogP contribution in [0.5, 0.6) is 0 Å². The van der Waals surface area contributed by atoms with Gasteiger partial charge in [0.05, 0.1) is 17.2 Å². The van der Waals surface area contributed by atoms with Crippen LogP contribution in [0.3, 0.4) is 0 Å². The fourth-order valence-electron chi connectivity index (χ4n) is 3.32. The zero-order chi connectivity index (χ0) is 22.1. The van der Waals surface area contributed by atoms with Crippen LogP contribution in [0.25, 0.3) is 0 Å². The lowest BCUT2D eigenvalue weighted by molar-refractivity contribution is -0.122. The fraction of sp³-hybridized carbons (Fsp3) is 0.348. The van der Waals surface area contributed by atoms with Gasteiger partial charge in [0.1, 0.15) is 0 Å². The molecule has 1 aliphatic heterocycles. The minimum absolute atomic E-state index is 0.105. The van der Waals surface area contributed by atoms with Crippen LogP contribution >= 0.6 is 11.6 Å². The van der Waals surface area contributed by atoms with E-state index in [0.29, 0.717) is 22.0 Å². The molecule has 1 unspecified atom stereocenters. The Morgan fingerprint density at radius 3 is 2.50 bits per heavy atom. The topological polar surface area (TPSA) is 78.5 Å². The summed E-state index contributed by atoms with van der Waals surface area (Å²) in [5.74, 6) is -1.21. The van der Waals surface area contributed by atoms with Crippen LogP contribution in [0.15, 0.2) is 42.5 Å². The molecule has 1 saturated heterocycles. The first-order valence-electron chi connectivity index (χ1n) is 9.84. The normalized spacial score (nSPS) is 16.5. The molecule has 2 aromatic carbocycles. The number of benzene rings is 2. The molecule has 0 spiro atoms. The summed E-state index contributed by atoms with van der Waals surface area (Å²) in [4.78, 5) is 39.6. The maximum Gasteiger partial charge on any atom is 0.253 e. The van der Waals surface area contributed by atoms with Gasteiger partial charge in [-0.3, -0.25) is 14.4 Å². The lowest BCUT2D eigenvalue weighted by atomic mass is 10.1. The van der Waals surface area contributed by atoms with E-state index in [0.717, 1.165) is 5.56 Å². The molecule has 0 saturated carbocycles. The predicted molar refractivity (Wildman–Crippen MR) is 119 cm³/mol. The number of anilines is 2. The van der Waals surface area contributed by atoms with Gasteiger partial charge in [-0.05, 0) is 57.5 Å². The van der Waals surface area contributed by atoms with Gasteiger partial charge >= 0.3 is 0 Å². The number of hydrogen-bond donors (Lipinski definition) is 2. The second kappa shape index (κ2) is 8.48. The van der Waals surface area contributed by atoms with Crippen molar-refractivity contribution in [2.24, 2.45) is 5.92 Å². The summed E-state index contributed by atoms with van der Waals surface area (Å²) in [6, 6.07) is 12.3. The molecule has 0 bridgehead atoms. The van der Waals surface area contributed by atoms with Crippen molar-refractivity contribution in [2.75, 3.05) is 16.8 Å². The third kappa shape index (κ3) is 5.00. The van der Waals surface area contributed by atoms with E-state index < -0.39 is 11.5 Å². The Bertz CT molecular complexity index is 997. The van der Waals surface area contributed by atoms with Crippen molar-refractivity contribution in [2.45, 2.75) is 39.7 Å². The monoisotopic (exact) mass is 427 g/mol. The Hall–Kier alpha value is -2.86. The molecular formula is C23H26ClN3O3. The summed E-state index contributed by atoms with van der Waals surface area (Å²) in [6.07, 6.45) is 0.105. The first kappa shape index (κ1) is 21.8. The zero-order valence-electron chi connectivity index (χ0n) is 17.6. The van der Waals surface area contributed by atoms with Crippen LogP contribution in [0, 0.1) is 12.8 Å². The highest BCUT2D eigenvalue weighted by atomic mass is 35.5. The minimum atomic E-state index is -0.517. The van der Waals surface area contributed by atoms with Crippen LogP contribution in [0.2, 0.25) is 5.02 Å². The molecule has 1 aliphatic rings. The molecule has 158 valence electrons. The predicted octanol–water partition coefficient (Wildman–Crippen LogP) is 4.17. The Morgan fingerprint density at radius 1 is 1.13 bits per heavy atom. The lowest BCUT2D eigenvalue weighted by Crippen LogP contribution is -2.41. The standard InChI is InChI=1S/C23H26ClN3O3/c1-14-9-10-16(12-18(14)24)27-13-15(11-20(27)28)21(29)25-19-8-6-5-7-17(19)22(30)26-23(2,3)4/h5-10,12,15H,11,13H2,1-4H3,(H,25,29)(H,26,30). The van der Waals surface area contributed by atoms with Crippen LogP contribution in [0.1, 0.15) is 43.1 Å². The summed E-state index contributed by atoms with van der Waals surface area (Å²) >= 11 is 6.18. The third-order valence-corrected chi connectivity index (χ3v) is 5.29. The van der Waals surface area contributed by atoms with Gasteiger partial charge in [0.2, 0.25) is 11.8 Å². The van der Waals surface area contributed by atoms with Gasteiger partial charge in [-0.15, -0.1) is 0 Å². The number of halogens is 1. The van der Waals surface area contributed by atoms with Crippen LogP contribution in [0.4, 0.5) is 11.4 Å². The summed E-state index contributed by atoms with van der Waals surface area (Å²) in [5.41, 5.74) is 2.00. The minimum Gasteiger partial charge on any atom is -0.347 e. The van der Waals surface area contributed by atoms with E-state index in [1.165, 1.54) is 0 Å². The van der Waals surface area contributed by atoms with Gasteiger partial charge in [0.25, 0.3) is 5.91 Å². The number of rotatable bonds is 4. The SMILES string of the molecule is Cc1ccc(N2CC(C(=O)Nc3ccccc3C(=O)NC(C)(C)C)CC2=O)cc1Cl. The molecule has 3 rings (SSSR count). The number of hydrogen-bond acceptors (Lipinski definition) is 3. The van der Waals surface area contributed by atoms with Crippen LogP contribution in [-0.4, -0.2) is 29.8 Å². The number of amides is 3. The van der Waals surface area contributed by atoms with E-state index in [1.54, 1.807) is 35.2 Å². The molecule has 0 aliphatic carbocycles. The van der Waals surface area contributed by atoms with Gasteiger partial charge in [-0.25, -0.2) is 0 Å². The maximum absolute atomic E-state index is 12.9. The quantitative estimate of drug-likeness (QED) is 0.768. The average molecular weight is 428 g/mol. The van der Waals surface area contributed by atoms with Crippen molar-refractivity contribution in [1.82, 2.24) is 5.32 Å². The number of carbonyl (C=O) groups excluding carboxylic acids is 3. The Kier molecular flexibility index (Phi) is 6.17. The molecule has 1 fully saturated rings. The Labute approximate surface area is 181 Å². The highest BCUT2D eigenvalue weighted by Crippen LogP contribution is 2.29. The summed E-state index contributed by atoms with van der Waals surface area (Å²) in [5, 5.41) is 6.30. The fourth-order valence-corrected chi connectivity index (χ4v) is 3.49. The molecule has 6 nitrogen and oxygen atoms in total. The van der Waals surface area contributed by atoms with Crippen molar-refractivity contribution in [1.29, 1.82) is 0 Å². The summed E-state index contributed by atoms with van der Waals surface area (Å²) < 4.78 is 0. The Morgan fingerprint density at radius 2 is 1.83 bits per heavy atom. The number of nitrogens with one attached hydrogen (secondary N) is 2. The summed E-state index contributed by atoms with van der Waals surface area (Å²) in [6.45, 7) is 7.83. The highest BCUT2D eigenvalue weighted by Gasteiger charge is 2.35. The van der Waals surface area contributed by atoms with E-state index in [4.69, 9.17) is 11.6 Å². The Balaban J connectivity index is 1.74. The molecule has 7 heteroatoms. The van der Waals surface area contributed by atoms with Crippen LogP contribution in [-0.2, 0) is 9.59 Å². The molecule has 2 aromatic rings. The number of aryl methyl sites for hydroxylation is 1. The van der Waals surface area contributed by atoms with Crippen molar-refractivity contribution in [3.63, 3.8) is 0 Å². The number of nitrogens with zero attached hydrogens (tertiary/aromatic N) is 1. The molecule has 3 amide bonds. The second-order valence-corrected chi connectivity index (χ2v) is 8.99. The van der Waals surface area contributed by atoms with Gasteiger partial charge < -0.3 is 15.5 Å². The molecule has 2 N–H and O–H groups in total. The third-order valence-electron chi connectivity index (χ3n) is 4.88. The smallest absolute Gasteiger partial charge is 0.253 e. The van der Waals surface area contributed by atoms with Crippen molar-refractivity contribution < 1.29 is 14.4 Å². The number of para-hydroxylation sites is 1. The van der Waals surface area contributed by atoms with E-state index in [1.807, 2.05) is 39.8 Å². The molecule has 1 atom stereocenters. The maximum atomic E-state index is 12.9. The molecule has 0 aromatic heterocycles. The molecule has 30 heavy (non-hydrogen) atoms. The highest BCUT2D eigenvalue weighted by molar-refractivity contribution is 6.31. The van der Waals surface area contributed by atoms with E-state index >= 15 is 0 Å². The van der Waals surface area contributed by atoms with Gasteiger partial charge in [0.15, 0.2) is 0 Å². The lowest BCUT2D eigenvalue weighted by Gasteiger charge is -2.22. The molecule has 1 heterocycles. The molecule has 0 radical (unpaired) electrons. The largest absolute Gasteiger partial charge is 0.347 e. The van der Waals surface area contributed by atoms with E-state index in [9.17, 15) is 14.4 Å². The van der Waals surface area contributed by atoms with Gasteiger partial charge in [-0.2, -0.15) is 0 Å². The summed E-state index contributed by atoms with van der Waals surface area (Å²) in [7, 11) is 0. The van der Waals surface area contributed by atoms with Crippen LogP contribution < -0.4 is 15.5 Å². The first-order chi connectivity index (χ1) is 14.0. The van der Waals surface area contributed by atoms with E-state index in [2.05, 4.69) is 10.6 Å². The zero-order valence-corrected chi connectivity index (χ0v) is 18.3. The van der Waals surface area contributed by atoms with Crippen molar-refractivity contribution in [3.8, 4) is 0 Å². The first-order valence-corrected chi connectivity index (χ1v) is 10.2. The molecular weight excluding hydrogens is 402 g/mol. The van der Waals surface area contributed by atoms with Gasteiger partial charge in [-0.1, -0.05) is 29.8 Å². The second-order valence-electron chi connectivity index (χ2n) is 8.58. The van der Waals surface area contributed by atoms with Crippen molar-refractivity contribution >= 4 is 40.7 Å². The van der Waals surface area contributed by atoms with Crippen molar-refractivity contribution in [3.05, 3.63) is 58.6 Å². The number of carbonyl (C=O) groups is 3.